The number of nitrogens with one attached hydrogen (secondary N) is 1. The number of carbonyl (C=O) groups excluding carboxylic acids is 1. The van der Waals surface area contributed by atoms with Crippen molar-refractivity contribution in [3.8, 4) is 6.07 Å². The first-order valence-electron chi connectivity index (χ1n) is 7.49. The largest absolute Gasteiger partial charge is 0.395 e. The molecule has 0 fully saturated rings. The van der Waals surface area contributed by atoms with Crippen molar-refractivity contribution in [2.75, 3.05) is 25.0 Å². The van der Waals surface area contributed by atoms with Crippen LogP contribution >= 0.6 is 11.6 Å². The van der Waals surface area contributed by atoms with E-state index >= 15 is 0 Å². The van der Waals surface area contributed by atoms with Crippen molar-refractivity contribution in [3.05, 3.63) is 64.7 Å². The first-order valence-corrected chi connectivity index (χ1v) is 7.87. The topological polar surface area (TPSA) is 76.4 Å². The van der Waals surface area contributed by atoms with Crippen LogP contribution in [0.25, 0.3) is 0 Å². The molecular formula is C18H18ClN3O2. The van der Waals surface area contributed by atoms with Crippen molar-refractivity contribution in [2.45, 2.75) is 6.54 Å². The minimum atomic E-state index is -0.208. The van der Waals surface area contributed by atoms with Gasteiger partial charge in [0.1, 0.15) is 6.07 Å². The number of aliphatic hydroxyl groups excluding tert-OH is 1. The number of hydrogen-bond acceptors (Lipinski definition) is 4. The Morgan fingerprint density at radius 1 is 1.25 bits per heavy atom. The fourth-order valence-corrected chi connectivity index (χ4v) is 2.51. The predicted octanol–water partition coefficient (Wildman–Crippen LogP) is 2.64. The lowest BCUT2D eigenvalue weighted by molar-refractivity contribution is -0.117. The molecule has 0 radical (unpaired) electrons. The predicted molar refractivity (Wildman–Crippen MR) is 93.6 cm³/mol. The quantitative estimate of drug-likeness (QED) is 0.810. The van der Waals surface area contributed by atoms with Crippen molar-refractivity contribution in [2.24, 2.45) is 0 Å². The van der Waals surface area contributed by atoms with E-state index in [1.807, 2.05) is 41.3 Å². The summed E-state index contributed by atoms with van der Waals surface area (Å²) >= 11 is 5.96. The van der Waals surface area contributed by atoms with Gasteiger partial charge in [-0.3, -0.25) is 9.69 Å². The molecule has 2 aromatic rings. The highest BCUT2D eigenvalue weighted by molar-refractivity contribution is 6.32. The van der Waals surface area contributed by atoms with Gasteiger partial charge in [-0.1, -0.05) is 41.9 Å². The van der Waals surface area contributed by atoms with Gasteiger partial charge in [-0.2, -0.15) is 5.26 Å². The molecule has 24 heavy (non-hydrogen) atoms. The molecule has 6 heteroatoms. The Balaban J connectivity index is 1.97. The maximum Gasteiger partial charge on any atom is 0.238 e. The Hall–Kier alpha value is -2.39. The zero-order valence-corrected chi connectivity index (χ0v) is 13.8. The molecule has 0 bridgehead atoms. The molecular weight excluding hydrogens is 326 g/mol. The molecule has 0 saturated carbocycles. The van der Waals surface area contributed by atoms with Crippen LogP contribution in [0.4, 0.5) is 5.69 Å². The Kier molecular flexibility index (Phi) is 6.76. The Bertz CT molecular complexity index is 729. The average molecular weight is 344 g/mol. The number of hydrogen-bond donors (Lipinski definition) is 2. The van der Waals surface area contributed by atoms with Crippen LogP contribution in [0.3, 0.4) is 0 Å². The summed E-state index contributed by atoms with van der Waals surface area (Å²) in [4.78, 5) is 14.1. The normalized spacial score (nSPS) is 10.4. The number of anilines is 1. The Morgan fingerprint density at radius 3 is 2.62 bits per heavy atom. The minimum Gasteiger partial charge on any atom is -0.395 e. The van der Waals surface area contributed by atoms with Crippen molar-refractivity contribution in [1.82, 2.24) is 4.90 Å². The summed E-state index contributed by atoms with van der Waals surface area (Å²) in [5, 5.41) is 21.1. The highest BCUT2D eigenvalue weighted by atomic mass is 35.5. The van der Waals surface area contributed by atoms with Crippen molar-refractivity contribution in [3.63, 3.8) is 0 Å². The number of aliphatic hydroxyl groups is 1. The second-order valence-corrected chi connectivity index (χ2v) is 5.68. The average Bonchev–Trinajstić information content (AvgIpc) is 2.56. The molecule has 0 atom stereocenters. The van der Waals surface area contributed by atoms with E-state index in [1.54, 1.807) is 18.2 Å². The molecule has 0 aromatic heterocycles. The monoisotopic (exact) mass is 343 g/mol. The van der Waals surface area contributed by atoms with Crippen LogP contribution in [-0.2, 0) is 11.3 Å². The van der Waals surface area contributed by atoms with Gasteiger partial charge in [-0.05, 0) is 23.8 Å². The number of halogens is 1. The van der Waals surface area contributed by atoms with E-state index in [1.165, 1.54) is 0 Å². The summed E-state index contributed by atoms with van der Waals surface area (Å²) in [5.74, 6) is -0.208. The summed E-state index contributed by atoms with van der Waals surface area (Å²) in [6, 6.07) is 16.5. The lowest BCUT2D eigenvalue weighted by Crippen LogP contribution is -2.34. The number of amides is 1. The van der Waals surface area contributed by atoms with Gasteiger partial charge < -0.3 is 10.4 Å². The number of nitriles is 1. The molecule has 0 aliphatic carbocycles. The van der Waals surface area contributed by atoms with Crippen molar-refractivity contribution in [1.29, 1.82) is 5.26 Å². The molecule has 0 saturated heterocycles. The molecule has 0 aliphatic rings. The Labute approximate surface area is 146 Å². The maximum atomic E-state index is 12.2. The molecule has 0 aliphatic heterocycles. The van der Waals surface area contributed by atoms with Crippen LogP contribution in [0.1, 0.15) is 11.1 Å². The number of rotatable bonds is 7. The second-order valence-electron chi connectivity index (χ2n) is 5.27. The molecule has 0 unspecified atom stereocenters. The summed E-state index contributed by atoms with van der Waals surface area (Å²) in [6.07, 6.45) is 0. The smallest absolute Gasteiger partial charge is 0.238 e. The maximum absolute atomic E-state index is 12.2. The van der Waals surface area contributed by atoms with E-state index in [-0.39, 0.29) is 19.1 Å². The SMILES string of the molecule is N#Cc1ccc(NC(=O)CN(CCO)Cc2ccccc2)cc1Cl. The van der Waals surface area contributed by atoms with Crippen LogP contribution in [-0.4, -0.2) is 35.6 Å². The summed E-state index contributed by atoms with van der Waals surface area (Å²) in [7, 11) is 0. The summed E-state index contributed by atoms with van der Waals surface area (Å²) in [5.41, 5.74) is 1.97. The first kappa shape index (κ1) is 18.0. The zero-order valence-electron chi connectivity index (χ0n) is 13.1. The third-order valence-corrected chi connectivity index (χ3v) is 3.72. The molecule has 2 N–H and O–H groups in total. The van der Waals surface area contributed by atoms with Crippen molar-refractivity contribution < 1.29 is 9.90 Å². The van der Waals surface area contributed by atoms with E-state index in [0.717, 1.165) is 5.56 Å². The van der Waals surface area contributed by atoms with Crippen LogP contribution < -0.4 is 5.32 Å². The fraction of sp³-hybridized carbons (Fsp3) is 0.222. The highest BCUT2D eigenvalue weighted by Gasteiger charge is 2.12. The zero-order chi connectivity index (χ0) is 17.4. The molecule has 0 spiro atoms. The second kappa shape index (κ2) is 9.04. The van der Waals surface area contributed by atoms with Crippen LogP contribution in [0.5, 0.6) is 0 Å². The van der Waals surface area contributed by atoms with Gasteiger partial charge >= 0.3 is 0 Å². The number of nitrogens with zero attached hydrogens (tertiary/aromatic N) is 2. The van der Waals surface area contributed by atoms with Gasteiger partial charge in [-0.15, -0.1) is 0 Å². The van der Waals surface area contributed by atoms with Crippen LogP contribution in [0.2, 0.25) is 5.02 Å². The molecule has 2 rings (SSSR count). The first-order chi connectivity index (χ1) is 11.6. The van der Waals surface area contributed by atoms with E-state index in [4.69, 9.17) is 16.9 Å². The molecule has 5 nitrogen and oxygen atoms in total. The standard InChI is InChI=1S/C18H18ClN3O2/c19-17-10-16(7-6-15(17)11-20)21-18(24)13-22(8-9-23)12-14-4-2-1-3-5-14/h1-7,10,23H,8-9,12-13H2,(H,21,24). The third kappa shape index (κ3) is 5.36. The van der Waals surface area contributed by atoms with Gasteiger partial charge in [-0.25, -0.2) is 0 Å². The van der Waals surface area contributed by atoms with E-state index in [9.17, 15) is 9.90 Å². The summed E-state index contributed by atoms with van der Waals surface area (Å²) in [6.45, 7) is 1.09. The van der Waals surface area contributed by atoms with Gasteiger partial charge in [0.15, 0.2) is 0 Å². The number of benzene rings is 2. The van der Waals surface area contributed by atoms with E-state index in [0.29, 0.717) is 29.4 Å². The number of carbonyl (C=O) groups is 1. The molecule has 1 amide bonds. The van der Waals surface area contributed by atoms with Crippen molar-refractivity contribution >= 4 is 23.2 Å². The van der Waals surface area contributed by atoms with Crippen LogP contribution in [0, 0.1) is 11.3 Å². The van der Waals surface area contributed by atoms with Gasteiger partial charge in [0.05, 0.1) is 23.7 Å². The minimum absolute atomic E-state index is 0.0250. The van der Waals surface area contributed by atoms with Crippen LogP contribution in [0.15, 0.2) is 48.5 Å². The fourth-order valence-electron chi connectivity index (χ4n) is 2.28. The molecule has 124 valence electrons. The molecule has 0 heterocycles. The van der Waals surface area contributed by atoms with E-state index in [2.05, 4.69) is 5.32 Å². The lowest BCUT2D eigenvalue weighted by atomic mass is 10.2. The lowest BCUT2D eigenvalue weighted by Gasteiger charge is -2.21. The third-order valence-electron chi connectivity index (χ3n) is 3.41. The van der Waals surface area contributed by atoms with Gasteiger partial charge in [0.25, 0.3) is 0 Å². The summed E-state index contributed by atoms with van der Waals surface area (Å²) < 4.78 is 0. The van der Waals surface area contributed by atoms with E-state index < -0.39 is 0 Å². The Morgan fingerprint density at radius 2 is 2.00 bits per heavy atom. The molecule has 2 aromatic carbocycles. The van der Waals surface area contributed by atoms with Gasteiger partial charge in [0.2, 0.25) is 5.91 Å². The highest BCUT2D eigenvalue weighted by Crippen LogP contribution is 2.20. The van der Waals surface area contributed by atoms with Gasteiger partial charge in [0, 0.05) is 18.8 Å².